The predicted octanol–water partition coefficient (Wildman–Crippen LogP) is 4.22. The van der Waals surface area contributed by atoms with Gasteiger partial charge in [0.05, 0.1) is 17.0 Å². The van der Waals surface area contributed by atoms with Crippen LogP contribution in [0.2, 0.25) is 0 Å². The highest BCUT2D eigenvalue weighted by molar-refractivity contribution is 5.79. The Labute approximate surface area is 150 Å². The van der Waals surface area contributed by atoms with Crippen molar-refractivity contribution in [2.75, 3.05) is 6.54 Å². The molecule has 4 nitrogen and oxygen atoms in total. The van der Waals surface area contributed by atoms with Gasteiger partial charge in [-0.1, -0.05) is 25.0 Å². The highest BCUT2D eigenvalue weighted by Gasteiger charge is 2.47. The zero-order valence-corrected chi connectivity index (χ0v) is 14.9. The Kier molecular flexibility index (Phi) is 5.53. The van der Waals surface area contributed by atoms with Gasteiger partial charge in [0.1, 0.15) is 5.82 Å². The second kappa shape index (κ2) is 7.68. The lowest BCUT2D eigenvalue weighted by atomic mass is 9.78. The minimum Gasteiger partial charge on any atom is -0.356 e. The van der Waals surface area contributed by atoms with Crippen molar-refractivity contribution in [3.05, 3.63) is 30.1 Å². The quantitative estimate of drug-likeness (QED) is 0.805. The van der Waals surface area contributed by atoms with Crippen LogP contribution >= 0.6 is 0 Å². The normalized spacial score (nSPS) is 21.1. The Morgan fingerprint density at radius 3 is 2.77 bits per heavy atom. The number of carbonyl (C=O) groups excluding carboxylic acids is 1. The van der Waals surface area contributed by atoms with E-state index in [2.05, 4.69) is 14.9 Å². The van der Waals surface area contributed by atoms with E-state index in [0.29, 0.717) is 38.8 Å². The van der Waals surface area contributed by atoms with E-state index in [-0.39, 0.29) is 6.42 Å². The number of hydrogen-bond donors (Lipinski definition) is 1. The van der Waals surface area contributed by atoms with Gasteiger partial charge in [-0.3, -0.25) is 4.79 Å². The summed E-state index contributed by atoms with van der Waals surface area (Å²) in [5, 5.41) is 2.71. The Morgan fingerprint density at radius 1 is 1.27 bits per heavy atom. The minimum absolute atomic E-state index is 0.0573. The minimum atomic E-state index is -4.30. The Balaban J connectivity index is 1.54. The predicted molar refractivity (Wildman–Crippen MR) is 93.6 cm³/mol. The van der Waals surface area contributed by atoms with Crippen molar-refractivity contribution in [2.24, 2.45) is 11.8 Å². The van der Waals surface area contributed by atoms with Crippen LogP contribution in [0.25, 0.3) is 11.0 Å². The van der Waals surface area contributed by atoms with Crippen LogP contribution in [0.4, 0.5) is 13.2 Å². The third-order valence-electron chi connectivity index (χ3n) is 5.23. The maximum Gasteiger partial charge on any atom is 0.392 e. The summed E-state index contributed by atoms with van der Waals surface area (Å²) in [7, 11) is 0. The number of halogens is 3. The molecule has 2 aromatic rings. The summed E-state index contributed by atoms with van der Waals surface area (Å²) in [6, 6.07) is 7.81. The van der Waals surface area contributed by atoms with E-state index in [1.165, 1.54) is 0 Å². The summed E-state index contributed by atoms with van der Waals surface area (Å²) in [6.07, 6.45) is -2.04. The lowest BCUT2D eigenvalue weighted by molar-refractivity contribution is -0.198. The molecule has 26 heavy (non-hydrogen) atoms. The molecule has 2 unspecified atom stereocenters. The van der Waals surface area contributed by atoms with Gasteiger partial charge in [0.25, 0.3) is 0 Å². The monoisotopic (exact) mass is 367 g/mol. The third kappa shape index (κ3) is 4.02. The largest absolute Gasteiger partial charge is 0.392 e. The molecule has 1 amide bonds. The molecule has 0 saturated heterocycles. The van der Waals surface area contributed by atoms with E-state index in [9.17, 15) is 18.0 Å². The number of benzene rings is 1. The molecule has 1 aliphatic rings. The number of hydrogen-bond acceptors (Lipinski definition) is 2. The van der Waals surface area contributed by atoms with E-state index in [1.54, 1.807) is 0 Å². The van der Waals surface area contributed by atoms with Crippen molar-refractivity contribution >= 4 is 16.9 Å². The molecule has 2 atom stereocenters. The molecule has 1 aromatic carbocycles. The SMILES string of the molecule is Cc1nc2ccccc2n1CCCNC(=O)C1CCCCC1C(F)(F)F. The summed E-state index contributed by atoms with van der Waals surface area (Å²) < 4.78 is 41.5. The summed E-state index contributed by atoms with van der Waals surface area (Å²) in [5.74, 6) is -2.02. The molecular formula is C19H24F3N3O. The molecule has 1 heterocycles. The number of fused-ring (bicyclic) bond motifs is 1. The van der Waals surface area contributed by atoms with E-state index < -0.39 is 23.9 Å². The van der Waals surface area contributed by atoms with Crippen molar-refractivity contribution in [1.82, 2.24) is 14.9 Å². The zero-order valence-electron chi connectivity index (χ0n) is 14.9. The second-order valence-electron chi connectivity index (χ2n) is 6.98. The molecule has 1 fully saturated rings. The van der Waals surface area contributed by atoms with Gasteiger partial charge in [-0.05, 0) is 38.3 Å². The summed E-state index contributed by atoms with van der Waals surface area (Å²) >= 11 is 0. The highest BCUT2D eigenvalue weighted by Crippen LogP contribution is 2.41. The van der Waals surface area contributed by atoms with Crippen LogP contribution in [0.15, 0.2) is 24.3 Å². The smallest absolute Gasteiger partial charge is 0.356 e. The first-order valence-corrected chi connectivity index (χ1v) is 9.14. The third-order valence-corrected chi connectivity index (χ3v) is 5.23. The van der Waals surface area contributed by atoms with Crippen LogP contribution in [-0.4, -0.2) is 28.2 Å². The van der Waals surface area contributed by atoms with E-state index >= 15 is 0 Å². The topological polar surface area (TPSA) is 46.9 Å². The lowest BCUT2D eigenvalue weighted by Gasteiger charge is -2.32. The van der Waals surface area contributed by atoms with Crippen molar-refractivity contribution in [3.63, 3.8) is 0 Å². The maximum absolute atomic E-state index is 13.1. The van der Waals surface area contributed by atoms with Crippen LogP contribution in [-0.2, 0) is 11.3 Å². The van der Waals surface area contributed by atoms with E-state index in [4.69, 9.17) is 0 Å². The molecule has 7 heteroatoms. The van der Waals surface area contributed by atoms with Gasteiger partial charge in [-0.2, -0.15) is 13.2 Å². The summed E-state index contributed by atoms with van der Waals surface area (Å²) in [5.41, 5.74) is 1.95. The molecule has 0 radical (unpaired) electrons. The number of aryl methyl sites for hydroxylation is 2. The molecule has 0 bridgehead atoms. The lowest BCUT2D eigenvalue weighted by Crippen LogP contribution is -2.42. The molecule has 1 saturated carbocycles. The van der Waals surface area contributed by atoms with Crippen LogP contribution in [0.5, 0.6) is 0 Å². The fourth-order valence-electron chi connectivity index (χ4n) is 3.89. The van der Waals surface area contributed by atoms with Crippen molar-refractivity contribution < 1.29 is 18.0 Å². The standard InChI is InChI=1S/C19H24F3N3O/c1-13-24-16-9-4-5-10-17(16)25(13)12-6-11-23-18(26)14-7-2-3-8-15(14)19(20,21)22/h4-5,9-10,14-15H,2-3,6-8,11-12H2,1H3,(H,23,26). The zero-order chi connectivity index (χ0) is 18.7. The van der Waals surface area contributed by atoms with Crippen molar-refractivity contribution in [3.8, 4) is 0 Å². The number of aromatic nitrogens is 2. The van der Waals surface area contributed by atoms with Crippen LogP contribution in [0.3, 0.4) is 0 Å². The average molecular weight is 367 g/mol. The highest BCUT2D eigenvalue weighted by atomic mass is 19.4. The second-order valence-corrected chi connectivity index (χ2v) is 6.98. The molecule has 1 N–H and O–H groups in total. The molecule has 0 spiro atoms. The first-order valence-electron chi connectivity index (χ1n) is 9.14. The van der Waals surface area contributed by atoms with Gasteiger partial charge in [0, 0.05) is 19.0 Å². The Morgan fingerprint density at radius 2 is 2.00 bits per heavy atom. The van der Waals surface area contributed by atoms with E-state index in [1.807, 2.05) is 31.2 Å². The van der Waals surface area contributed by atoms with Gasteiger partial charge in [0.15, 0.2) is 0 Å². The average Bonchev–Trinajstić information content (AvgIpc) is 2.93. The van der Waals surface area contributed by atoms with Crippen molar-refractivity contribution in [2.45, 2.75) is 51.7 Å². The molecule has 1 aromatic heterocycles. The molecule has 0 aliphatic heterocycles. The van der Waals surface area contributed by atoms with Crippen LogP contribution < -0.4 is 5.32 Å². The number of nitrogens with zero attached hydrogens (tertiary/aromatic N) is 2. The Bertz CT molecular complexity index is 769. The van der Waals surface area contributed by atoms with Gasteiger partial charge < -0.3 is 9.88 Å². The number of rotatable bonds is 5. The van der Waals surface area contributed by atoms with Crippen LogP contribution in [0.1, 0.15) is 37.9 Å². The molecule has 142 valence electrons. The van der Waals surface area contributed by atoms with Gasteiger partial charge in [-0.25, -0.2) is 4.98 Å². The molecule has 1 aliphatic carbocycles. The first kappa shape index (κ1) is 18.7. The summed E-state index contributed by atoms with van der Waals surface area (Å²) in [6.45, 7) is 2.96. The number of imidazole rings is 1. The fourth-order valence-corrected chi connectivity index (χ4v) is 3.89. The van der Waals surface area contributed by atoms with Crippen molar-refractivity contribution in [1.29, 1.82) is 0 Å². The van der Waals surface area contributed by atoms with Crippen LogP contribution in [0, 0.1) is 18.8 Å². The van der Waals surface area contributed by atoms with Gasteiger partial charge >= 0.3 is 6.18 Å². The van der Waals surface area contributed by atoms with E-state index in [0.717, 1.165) is 16.9 Å². The fraction of sp³-hybridized carbons (Fsp3) is 0.579. The summed E-state index contributed by atoms with van der Waals surface area (Å²) in [4.78, 5) is 16.8. The molecular weight excluding hydrogens is 343 g/mol. The number of para-hydroxylation sites is 2. The molecule has 3 rings (SSSR count). The first-order chi connectivity index (χ1) is 12.4. The maximum atomic E-state index is 13.1. The van der Waals surface area contributed by atoms with Gasteiger partial charge in [0.2, 0.25) is 5.91 Å². The Hall–Kier alpha value is -2.05. The number of carbonyl (C=O) groups is 1. The number of amides is 1. The number of nitrogens with one attached hydrogen (secondary N) is 1. The van der Waals surface area contributed by atoms with Gasteiger partial charge in [-0.15, -0.1) is 0 Å². The number of alkyl halides is 3.